The zero-order valence-electron chi connectivity index (χ0n) is 76.0. The van der Waals surface area contributed by atoms with Crippen molar-refractivity contribution in [1.29, 1.82) is 0 Å². The molecule has 8 aromatic carbocycles. The lowest BCUT2D eigenvalue weighted by Crippen LogP contribution is -2.40. The number of thiazole rings is 3. The summed E-state index contributed by atoms with van der Waals surface area (Å²) in [6, 6.07) is 56.3. The number of fused-ring (bicyclic) bond motifs is 6. The van der Waals surface area contributed by atoms with E-state index in [1.54, 1.807) is 24.3 Å². The van der Waals surface area contributed by atoms with E-state index in [9.17, 15) is 29.1 Å². The average Bonchev–Trinajstić information content (AvgIpc) is 1.61. The standard InChI is InChI=1S/C99H106N16O18S3/c1-62(2)113(74-26-23-67-47-77(97(119)131-83(67)52-74)93-101-80-13-7-10-16-88(80)134-93)59-71-56-110(107-104-71)29-32-122-35-38-125-41-44-128-86-50-70(92(116)100-55-65-19-21-66(22-20-65)96(117)118)51-87(129-45-42-126-39-36-123-33-30-111-57-72(105-108-111)60-114(63(3)4)75-27-24-68-48-78(98(120)132-84(68)53-75)94-102-81-14-8-11-17-89(81)135-94)91(86)130-46-43-127-40-37-124-34-31-112-58-73(106-109-112)61-115(64(5)6)76-28-25-69-49-79(99(121)133-85(69)54-76)95-103-82-15-9-12-18-90(82)136-95/h7-28,47-54,56-58,62-64,104-109H,29-46,55,59-61H2,1-6H3,(H,100,116)(H,117,118). The fourth-order valence-corrected chi connectivity index (χ4v) is 18.4. The number of benzene rings is 8. The predicted octanol–water partition coefficient (Wildman–Crippen LogP) is 13.9. The van der Waals surface area contributed by atoms with Crippen LogP contribution in [0.25, 0.3) is 95.3 Å². The van der Waals surface area contributed by atoms with Crippen molar-refractivity contribution < 1.29 is 70.6 Å². The van der Waals surface area contributed by atoms with Gasteiger partial charge in [-0.3, -0.25) is 19.8 Å². The van der Waals surface area contributed by atoms with Crippen LogP contribution in [0.2, 0.25) is 0 Å². The van der Waals surface area contributed by atoms with Crippen molar-refractivity contribution in [1.82, 2.24) is 68.2 Å². The molecule has 8 N–H and O–H groups in total. The van der Waals surface area contributed by atoms with Gasteiger partial charge in [-0.2, -0.15) is 0 Å². The molecule has 3 aliphatic heterocycles. The molecule has 17 rings (SSSR count). The Bertz CT molecular complexity index is 6510. The Morgan fingerprint density at radius 1 is 0.397 bits per heavy atom. The Labute approximate surface area is 794 Å². The molecule has 0 unspecified atom stereocenters. The SMILES string of the molecule is CC(C)N(CC1=CN(CCOCCOCCOc2cc(C(=O)NCc3ccc(C(=O)O)cc3)cc(OCCOCCOCCN3C=C(CN(c4ccc5cc(-c6nc7ccccc7s6)c(=O)oc5c4)C(C)C)NN3)c2OCCOCCOCCN2C=C(CN(c3ccc4cc(-c5nc6ccccc6s5)c(=O)oc4c3)C(C)C)NN2)NN1)c1ccc2cc(-c3nc4ccccc4s3)c(=O)oc2c1. The molecule has 14 aromatic rings. The molecule has 708 valence electrons. The van der Waals surface area contributed by atoms with E-state index in [-0.39, 0.29) is 126 Å². The third-order valence-electron chi connectivity index (χ3n) is 22.6. The van der Waals surface area contributed by atoms with E-state index in [1.165, 1.54) is 46.1 Å². The molecule has 9 heterocycles. The Balaban J connectivity index is 0.489. The van der Waals surface area contributed by atoms with E-state index < -0.39 is 28.8 Å². The maximum atomic E-state index is 14.2. The van der Waals surface area contributed by atoms with Gasteiger partial charge < -0.3 is 97.3 Å². The number of nitrogens with one attached hydrogen (secondary N) is 7. The first-order chi connectivity index (χ1) is 66.3. The zero-order chi connectivity index (χ0) is 94.0. The summed E-state index contributed by atoms with van der Waals surface area (Å²) in [5.74, 6) is -0.935. The molecule has 6 aromatic heterocycles. The highest BCUT2D eigenvalue weighted by molar-refractivity contribution is 7.22. The van der Waals surface area contributed by atoms with E-state index in [4.69, 9.17) is 70.8 Å². The highest BCUT2D eigenvalue weighted by Crippen LogP contribution is 2.41. The van der Waals surface area contributed by atoms with Gasteiger partial charge in [0.2, 0.25) is 5.75 Å². The number of carbonyl (C=O) groups excluding carboxylic acids is 1. The van der Waals surface area contributed by atoms with E-state index in [1.807, 2.05) is 179 Å². The molecule has 0 radical (unpaired) electrons. The second kappa shape index (κ2) is 44.7. The molecular weight excluding hydrogens is 1800 g/mol. The molecule has 0 atom stereocenters. The third kappa shape index (κ3) is 23.9. The molecule has 0 fully saturated rings. The van der Waals surface area contributed by atoms with Crippen LogP contribution in [-0.4, -0.2) is 203 Å². The van der Waals surface area contributed by atoms with Crippen LogP contribution in [-0.2, 0) is 35.0 Å². The van der Waals surface area contributed by atoms with Crippen molar-refractivity contribution >= 4 is 127 Å². The highest BCUT2D eigenvalue weighted by Gasteiger charge is 2.27. The summed E-state index contributed by atoms with van der Waals surface area (Å²) in [7, 11) is 0. The quantitative estimate of drug-likeness (QED) is 0.0130. The number of carbonyl (C=O) groups is 2. The highest BCUT2D eigenvalue weighted by atomic mass is 32.1. The molecule has 0 saturated carbocycles. The van der Waals surface area contributed by atoms with Gasteiger partial charge in [-0.05, 0) is 162 Å². The van der Waals surface area contributed by atoms with Gasteiger partial charge in [0, 0.05) is 100 Å². The average molecular weight is 1900 g/mol. The fraction of sp³-hybridized carbons (Fsp3) is 0.313. The van der Waals surface area contributed by atoms with Gasteiger partial charge in [-0.25, -0.2) is 34.1 Å². The third-order valence-corrected chi connectivity index (χ3v) is 25.8. The molecule has 0 saturated heterocycles. The topological polar surface area (TPSA) is 370 Å². The van der Waals surface area contributed by atoms with Crippen LogP contribution in [0.1, 0.15) is 67.8 Å². The Morgan fingerprint density at radius 3 is 1.07 bits per heavy atom. The van der Waals surface area contributed by atoms with Crippen LogP contribution >= 0.6 is 34.0 Å². The normalized spacial score (nSPS) is 13.3. The smallest absolute Gasteiger partial charge is 0.346 e. The molecular formula is C99H106N16O18S3. The van der Waals surface area contributed by atoms with E-state index in [0.717, 1.165) is 81.0 Å². The van der Waals surface area contributed by atoms with Crippen LogP contribution in [0.5, 0.6) is 17.2 Å². The van der Waals surface area contributed by atoms with Crippen molar-refractivity contribution in [2.75, 3.05) is 153 Å². The van der Waals surface area contributed by atoms with Crippen molar-refractivity contribution in [3.05, 3.63) is 266 Å². The molecule has 3 aliphatic rings. The number of hydrogen-bond acceptors (Lipinski definition) is 35. The number of rotatable bonds is 49. The van der Waals surface area contributed by atoms with Crippen LogP contribution in [0, 0.1) is 0 Å². The first-order valence-electron chi connectivity index (χ1n) is 45.0. The molecule has 0 bridgehead atoms. The molecule has 0 aliphatic carbocycles. The number of hydrogen-bond donors (Lipinski definition) is 8. The number of anilines is 3. The number of hydrazine groups is 6. The minimum Gasteiger partial charge on any atom is -0.487 e. The van der Waals surface area contributed by atoms with Gasteiger partial charge >= 0.3 is 22.8 Å². The summed E-state index contributed by atoms with van der Waals surface area (Å²) in [6.07, 6.45) is 5.99. The largest absolute Gasteiger partial charge is 0.487 e. The minimum absolute atomic E-state index is 0.0402. The number of ether oxygens (including phenoxy) is 9. The summed E-state index contributed by atoms with van der Waals surface area (Å²) >= 11 is 4.38. The molecule has 37 heteroatoms. The number of aromatic carboxylic acids is 1. The lowest BCUT2D eigenvalue weighted by molar-refractivity contribution is 0.0249. The zero-order valence-corrected chi connectivity index (χ0v) is 78.4. The summed E-state index contributed by atoms with van der Waals surface area (Å²) in [6.45, 7) is 19.2. The summed E-state index contributed by atoms with van der Waals surface area (Å²) < 4.78 is 76.3. The second-order valence-corrected chi connectivity index (χ2v) is 36.2. The van der Waals surface area contributed by atoms with Crippen molar-refractivity contribution in [2.24, 2.45) is 0 Å². The lowest BCUT2D eigenvalue weighted by atomic mass is 10.1. The Kier molecular flexibility index (Phi) is 31.0. The van der Waals surface area contributed by atoms with Crippen LogP contribution in [0.3, 0.4) is 0 Å². The molecule has 34 nitrogen and oxygen atoms in total. The van der Waals surface area contributed by atoms with Crippen LogP contribution < -0.4 is 84.0 Å². The fourth-order valence-electron chi connectivity index (χ4n) is 15.5. The minimum atomic E-state index is -1.07. The summed E-state index contributed by atoms with van der Waals surface area (Å²) in [5.41, 5.74) is 29.8. The number of carboxylic acid groups (broad SMARTS) is 1. The maximum absolute atomic E-state index is 14.2. The number of para-hydroxylation sites is 3. The van der Waals surface area contributed by atoms with Crippen molar-refractivity contribution in [3.63, 3.8) is 0 Å². The molecule has 0 spiro atoms. The number of nitrogens with zero attached hydrogens (tertiary/aromatic N) is 9. The van der Waals surface area contributed by atoms with Gasteiger partial charge in [0.05, 0.1) is 189 Å². The van der Waals surface area contributed by atoms with Gasteiger partial charge in [0.15, 0.2) is 11.5 Å². The van der Waals surface area contributed by atoms with E-state index in [0.29, 0.717) is 120 Å². The van der Waals surface area contributed by atoms with Gasteiger partial charge in [-0.15, -0.1) is 50.6 Å². The van der Waals surface area contributed by atoms with E-state index >= 15 is 0 Å². The van der Waals surface area contributed by atoms with Gasteiger partial charge in [0.25, 0.3) is 5.91 Å². The molecule has 1 amide bonds. The van der Waals surface area contributed by atoms with E-state index in [2.05, 4.69) is 94.4 Å². The van der Waals surface area contributed by atoms with Crippen LogP contribution in [0.15, 0.2) is 245 Å². The van der Waals surface area contributed by atoms with Gasteiger partial charge in [0.1, 0.15) is 51.6 Å². The molecule has 136 heavy (non-hydrogen) atoms. The second-order valence-electron chi connectivity index (χ2n) is 33.1. The Morgan fingerprint density at radius 2 is 0.728 bits per heavy atom. The first-order valence-corrected chi connectivity index (χ1v) is 47.5. The van der Waals surface area contributed by atoms with Crippen molar-refractivity contribution in [3.8, 4) is 49.0 Å². The first kappa shape index (κ1) is 94.2. The van der Waals surface area contributed by atoms with Crippen molar-refractivity contribution in [2.45, 2.75) is 66.2 Å². The predicted molar refractivity (Wildman–Crippen MR) is 526 cm³/mol. The van der Waals surface area contributed by atoms with Gasteiger partial charge in [-0.1, -0.05) is 48.5 Å². The summed E-state index contributed by atoms with van der Waals surface area (Å²) in [5, 5.41) is 22.5. The number of amides is 1. The van der Waals surface area contributed by atoms with Crippen LogP contribution in [0.4, 0.5) is 17.1 Å². The monoisotopic (exact) mass is 1900 g/mol. The number of aromatic nitrogens is 3. The lowest BCUT2D eigenvalue weighted by Gasteiger charge is -2.29. The maximum Gasteiger partial charge on any atom is 0.346 e. The number of carboxylic acids is 1. The Hall–Kier alpha value is -13.5. The summed E-state index contributed by atoms with van der Waals surface area (Å²) in [4.78, 5) is 86.8.